The number of benzene rings is 2. The SMILES string of the molecule is CCOc1cc2c3c(c1)C1(SCC(=O)N1c1cc(C(=O)OC)cc(C(=O)OC)c1)C(=O)N3C(C)(C)C=C2C. The Hall–Kier alpha value is -3.79. The standard InChI is InChI=1S/C28H28N2O7S/c1-7-37-19-11-20-15(2)13-27(3,4)30-23(20)21(12-19)28(26(30)34)29(22(31)14-38-28)18-9-16(24(32)35-5)8-17(10-18)25(33)36-6/h8-13H,7,14H2,1-6H3. The lowest BCUT2D eigenvalue weighted by Gasteiger charge is -2.40. The number of anilines is 2. The number of carbonyl (C=O) groups excluding carboxylic acids is 4. The van der Waals surface area contributed by atoms with Gasteiger partial charge in [-0.2, -0.15) is 0 Å². The fourth-order valence-electron chi connectivity index (χ4n) is 5.61. The van der Waals surface area contributed by atoms with Gasteiger partial charge in [0.15, 0.2) is 0 Å². The summed E-state index contributed by atoms with van der Waals surface area (Å²) in [5.41, 5.74) is 2.87. The van der Waals surface area contributed by atoms with Gasteiger partial charge in [-0.15, -0.1) is 11.8 Å². The molecule has 38 heavy (non-hydrogen) atoms. The van der Waals surface area contributed by atoms with E-state index in [0.29, 0.717) is 17.9 Å². The van der Waals surface area contributed by atoms with Gasteiger partial charge in [-0.3, -0.25) is 19.4 Å². The summed E-state index contributed by atoms with van der Waals surface area (Å²) in [4.78, 5) is 54.8. The maximum Gasteiger partial charge on any atom is 0.337 e. The number of esters is 2. The summed E-state index contributed by atoms with van der Waals surface area (Å²) in [5.74, 6) is -1.39. The van der Waals surface area contributed by atoms with Crippen molar-refractivity contribution in [3.63, 3.8) is 0 Å². The number of fused-ring (bicyclic) bond motifs is 1. The van der Waals surface area contributed by atoms with E-state index in [0.717, 1.165) is 16.8 Å². The van der Waals surface area contributed by atoms with Crippen molar-refractivity contribution >= 4 is 52.5 Å². The third kappa shape index (κ3) is 3.53. The van der Waals surface area contributed by atoms with Crippen LogP contribution in [0.2, 0.25) is 0 Å². The molecule has 1 fully saturated rings. The van der Waals surface area contributed by atoms with Gasteiger partial charge in [-0.1, -0.05) is 6.08 Å². The van der Waals surface area contributed by atoms with Crippen LogP contribution in [0.5, 0.6) is 5.75 Å². The Morgan fingerprint density at radius 3 is 2.18 bits per heavy atom. The molecule has 3 aliphatic rings. The Kier molecular flexibility index (Phi) is 6.05. The largest absolute Gasteiger partial charge is 0.494 e. The van der Waals surface area contributed by atoms with Crippen molar-refractivity contribution in [2.75, 3.05) is 36.4 Å². The van der Waals surface area contributed by atoms with Crippen LogP contribution in [0.15, 0.2) is 36.4 Å². The Bertz CT molecular complexity index is 1410. The van der Waals surface area contributed by atoms with Gasteiger partial charge >= 0.3 is 11.9 Å². The van der Waals surface area contributed by atoms with Gasteiger partial charge < -0.3 is 14.2 Å². The van der Waals surface area contributed by atoms with Crippen LogP contribution in [0.25, 0.3) is 5.57 Å². The third-order valence-corrected chi connectivity index (χ3v) is 8.42. The summed E-state index contributed by atoms with van der Waals surface area (Å²) in [5, 5.41) is 0. The number of hydrogen-bond acceptors (Lipinski definition) is 8. The van der Waals surface area contributed by atoms with Gasteiger partial charge in [0.1, 0.15) is 5.75 Å². The van der Waals surface area contributed by atoms with E-state index >= 15 is 0 Å². The minimum atomic E-state index is -1.47. The monoisotopic (exact) mass is 536 g/mol. The number of rotatable bonds is 5. The summed E-state index contributed by atoms with van der Waals surface area (Å²) in [6.07, 6.45) is 2.03. The van der Waals surface area contributed by atoms with E-state index in [1.165, 1.54) is 49.1 Å². The molecule has 9 nitrogen and oxygen atoms in total. The molecular formula is C28H28N2O7S. The Morgan fingerprint density at radius 1 is 0.974 bits per heavy atom. The van der Waals surface area contributed by atoms with Crippen LogP contribution in [0.1, 0.15) is 59.5 Å². The van der Waals surface area contributed by atoms with Gasteiger partial charge in [-0.25, -0.2) is 9.59 Å². The van der Waals surface area contributed by atoms with E-state index in [9.17, 15) is 19.2 Å². The van der Waals surface area contributed by atoms with Crippen LogP contribution in [-0.4, -0.2) is 55.9 Å². The van der Waals surface area contributed by atoms with Crippen LogP contribution in [-0.2, 0) is 23.9 Å². The molecule has 3 heterocycles. The molecule has 0 radical (unpaired) electrons. The number of ether oxygens (including phenoxy) is 3. The number of nitrogens with zero attached hydrogens (tertiary/aromatic N) is 2. The van der Waals surface area contributed by atoms with Crippen LogP contribution in [0, 0.1) is 0 Å². The lowest BCUT2D eigenvalue weighted by Crippen LogP contribution is -2.55. The minimum Gasteiger partial charge on any atom is -0.494 e. The van der Waals surface area contributed by atoms with E-state index in [2.05, 4.69) is 0 Å². The quantitative estimate of drug-likeness (QED) is 0.526. The highest BCUT2D eigenvalue weighted by molar-refractivity contribution is 8.02. The first-order valence-electron chi connectivity index (χ1n) is 12.1. The molecular weight excluding hydrogens is 508 g/mol. The molecule has 0 aromatic heterocycles. The molecule has 0 aliphatic carbocycles. The van der Waals surface area contributed by atoms with E-state index in [1.807, 2.05) is 45.9 Å². The van der Waals surface area contributed by atoms with Crippen molar-refractivity contribution in [2.24, 2.45) is 0 Å². The Labute approximate surface area is 224 Å². The molecule has 1 atom stereocenters. The zero-order valence-corrected chi connectivity index (χ0v) is 22.9. The van der Waals surface area contributed by atoms with Crippen molar-refractivity contribution in [1.29, 1.82) is 0 Å². The molecule has 1 saturated heterocycles. The van der Waals surface area contributed by atoms with Crippen LogP contribution >= 0.6 is 11.8 Å². The summed E-state index contributed by atoms with van der Waals surface area (Å²) < 4.78 is 15.6. The van der Waals surface area contributed by atoms with Crippen molar-refractivity contribution in [3.8, 4) is 5.75 Å². The molecule has 198 valence electrons. The normalized spacial score (nSPS) is 20.9. The Morgan fingerprint density at radius 2 is 1.61 bits per heavy atom. The summed E-state index contributed by atoms with van der Waals surface area (Å²) >= 11 is 1.21. The maximum absolute atomic E-state index is 14.5. The summed E-state index contributed by atoms with van der Waals surface area (Å²) in [7, 11) is 2.45. The first-order chi connectivity index (χ1) is 18.0. The van der Waals surface area contributed by atoms with E-state index in [4.69, 9.17) is 14.2 Å². The molecule has 2 aromatic carbocycles. The molecule has 2 amide bonds. The molecule has 0 saturated carbocycles. The summed E-state index contributed by atoms with van der Waals surface area (Å²) in [6, 6.07) is 8.00. The molecule has 2 aromatic rings. The molecule has 10 heteroatoms. The fraction of sp³-hybridized carbons (Fsp3) is 0.357. The topological polar surface area (TPSA) is 102 Å². The number of methoxy groups -OCH3 is 2. The molecule has 3 aliphatic heterocycles. The first-order valence-corrected chi connectivity index (χ1v) is 13.1. The van der Waals surface area contributed by atoms with Gasteiger partial charge in [0, 0.05) is 16.8 Å². The Balaban J connectivity index is 1.80. The van der Waals surface area contributed by atoms with Crippen LogP contribution in [0.4, 0.5) is 11.4 Å². The summed E-state index contributed by atoms with van der Waals surface area (Å²) in [6.45, 7) is 8.21. The van der Waals surface area contributed by atoms with Crippen molar-refractivity contribution in [2.45, 2.75) is 38.1 Å². The lowest BCUT2D eigenvalue weighted by atomic mass is 9.89. The first kappa shape index (κ1) is 25.8. The van der Waals surface area contributed by atoms with Crippen molar-refractivity contribution in [1.82, 2.24) is 0 Å². The number of hydrogen-bond donors (Lipinski definition) is 0. The smallest absolute Gasteiger partial charge is 0.337 e. The number of carbonyl (C=O) groups is 4. The van der Waals surface area contributed by atoms with Crippen LogP contribution < -0.4 is 14.5 Å². The maximum atomic E-state index is 14.5. The van der Waals surface area contributed by atoms with Gasteiger partial charge in [0.05, 0.1) is 48.9 Å². The molecule has 1 unspecified atom stereocenters. The van der Waals surface area contributed by atoms with Gasteiger partial charge in [0.25, 0.3) is 5.91 Å². The van der Waals surface area contributed by atoms with Gasteiger partial charge in [0.2, 0.25) is 10.8 Å². The second-order valence-electron chi connectivity index (χ2n) is 9.84. The second kappa shape index (κ2) is 8.90. The van der Waals surface area contributed by atoms with E-state index < -0.39 is 22.3 Å². The predicted molar refractivity (Wildman–Crippen MR) is 144 cm³/mol. The average molecular weight is 537 g/mol. The van der Waals surface area contributed by atoms with E-state index in [-0.39, 0.29) is 34.4 Å². The van der Waals surface area contributed by atoms with Crippen molar-refractivity contribution < 1.29 is 33.4 Å². The fourth-order valence-corrected chi connectivity index (χ4v) is 6.94. The minimum absolute atomic E-state index is 0.0239. The van der Waals surface area contributed by atoms with Gasteiger partial charge in [-0.05, 0) is 63.6 Å². The number of thioether (sulfide) groups is 1. The number of allylic oxidation sites excluding steroid dienone is 1. The lowest BCUT2D eigenvalue weighted by molar-refractivity contribution is -0.124. The molecule has 0 N–H and O–H groups in total. The zero-order valence-electron chi connectivity index (χ0n) is 22.0. The van der Waals surface area contributed by atoms with E-state index in [1.54, 1.807) is 4.90 Å². The second-order valence-corrected chi connectivity index (χ2v) is 11.0. The van der Waals surface area contributed by atoms with Crippen LogP contribution in [0.3, 0.4) is 0 Å². The zero-order chi connectivity index (χ0) is 27.6. The predicted octanol–water partition coefficient (Wildman–Crippen LogP) is 4.13. The highest BCUT2D eigenvalue weighted by atomic mass is 32.2. The average Bonchev–Trinajstić information content (AvgIpc) is 3.36. The molecule has 0 bridgehead atoms. The highest BCUT2D eigenvalue weighted by Crippen LogP contribution is 2.61. The van der Waals surface area contributed by atoms with Crippen molar-refractivity contribution in [3.05, 3.63) is 58.7 Å². The third-order valence-electron chi connectivity index (χ3n) is 7.03. The molecule has 1 spiro atoms. The highest BCUT2D eigenvalue weighted by Gasteiger charge is 2.64. The number of amides is 2. The molecule has 5 rings (SSSR count).